The Balaban J connectivity index is 2.22. The zero-order valence-corrected chi connectivity index (χ0v) is 12.7. The first-order valence-electron chi connectivity index (χ1n) is 6.37. The first-order chi connectivity index (χ1) is 7.62. The van der Waals surface area contributed by atoms with Crippen molar-refractivity contribution in [2.75, 3.05) is 0 Å². The van der Waals surface area contributed by atoms with E-state index in [4.69, 9.17) is 17.7 Å². The van der Waals surface area contributed by atoms with Gasteiger partial charge in [-0.05, 0) is 54.4 Å². The largest absolute Gasteiger partial charge is 0.681 e. The van der Waals surface area contributed by atoms with Crippen LogP contribution in [0, 0.1) is 0 Å². The Kier molecular flexibility index (Phi) is 3.20. The lowest BCUT2D eigenvalue weighted by Gasteiger charge is -2.50. The van der Waals surface area contributed by atoms with E-state index < -0.39 is 9.05 Å². The predicted octanol–water partition coefficient (Wildman–Crippen LogP) is 2.63. The summed E-state index contributed by atoms with van der Waals surface area (Å²) in [5.74, 6) is 0. The highest BCUT2D eigenvalue weighted by Gasteiger charge is 2.60. The van der Waals surface area contributed by atoms with Gasteiger partial charge >= 0.3 is 9.05 Å². The van der Waals surface area contributed by atoms with Crippen LogP contribution >= 0.6 is 0 Å². The second-order valence-corrected chi connectivity index (χ2v) is 8.37. The van der Waals surface area contributed by atoms with Gasteiger partial charge in [-0.25, -0.2) is 0 Å². The van der Waals surface area contributed by atoms with Crippen LogP contribution in [0.15, 0.2) is 0 Å². The van der Waals surface area contributed by atoms with Gasteiger partial charge in [-0.1, -0.05) is 0 Å². The maximum absolute atomic E-state index is 6.05. The van der Waals surface area contributed by atoms with Crippen LogP contribution in [0.1, 0.15) is 54.4 Å². The minimum Gasteiger partial charge on any atom is -0.348 e. The lowest BCUT2D eigenvalue weighted by molar-refractivity contribution is -0.201. The molecular weight excluding hydrogens is 236 g/mol. The number of rotatable bonds is 0. The number of hydrogen-bond acceptors (Lipinski definition) is 4. The molecule has 0 aromatic carbocycles. The van der Waals surface area contributed by atoms with Crippen LogP contribution in [0.2, 0.25) is 0 Å². The summed E-state index contributed by atoms with van der Waals surface area (Å²) < 4.78 is 24.0. The summed E-state index contributed by atoms with van der Waals surface area (Å²) in [6.45, 7) is 12.4. The second kappa shape index (κ2) is 4.03. The molecule has 0 aliphatic carbocycles. The Morgan fingerprint density at radius 1 is 0.824 bits per heavy atom. The molecule has 0 amide bonds. The lowest BCUT2D eigenvalue weighted by Crippen LogP contribution is -2.66. The molecule has 2 rings (SSSR count). The minimum atomic E-state index is -2.97. The second-order valence-electron chi connectivity index (χ2n) is 6.49. The Morgan fingerprint density at radius 3 is 1.47 bits per heavy atom. The normalized spacial score (nSPS) is 44.8. The Morgan fingerprint density at radius 2 is 1.18 bits per heavy atom. The molecular formula is C12H24O4Si. The Hall–Kier alpha value is 0.0569. The smallest absolute Gasteiger partial charge is 0.348 e. The van der Waals surface area contributed by atoms with Crippen LogP contribution in [0.5, 0.6) is 0 Å². The molecule has 2 aliphatic rings. The molecule has 4 nitrogen and oxygen atoms in total. The third-order valence-corrected chi connectivity index (χ3v) is 6.04. The first-order valence-corrected chi connectivity index (χ1v) is 8.01. The molecule has 5 heteroatoms. The molecule has 0 aromatic heterocycles. The van der Waals surface area contributed by atoms with Gasteiger partial charge in [0.1, 0.15) is 0 Å². The van der Waals surface area contributed by atoms with Gasteiger partial charge < -0.3 is 17.7 Å². The fourth-order valence-corrected chi connectivity index (χ4v) is 5.83. The summed E-state index contributed by atoms with van der Waals surface area (Å²) >= 11 is 0. The molecule has 17 heavy (non-hydrogen) atoms. The molecule has 0 N–H and O–H groups in total. The third-order valence-electron chi connectivity index (χ3n) is 3.05. The molecule has 1 spiro atoms. The van der Waals surface area contributed by atoms with Crippen molar-refractivity contribution in [1.82, 2.24) is 0 Å². The fraction of sp³-hybridized carbons (Fsp3) is 1.00. The van der Waals surface area contributed by atoms with Crippen molar-refractivity contribution in [3.63, 3.8) is 0 Å². The van der Waals surface area contributed by atoms with Gasteiger partial charge in [-0.15, -0.1) is 0 Å². The van der Waals surface area contributed by atoms with Gasteiger partial charge in [0.05, 0.1) is 23.4 Å². The first kappa shape index (κ1) is 13.5. The van der Waals surface area contributed by atoms with Crippen LogP contribution in [-0.4, -0.2) is 32.5 Å². The SMILES string of the molecule is CC1CC(C)(C)O[Si]2(O1)OC(C)CC(C)(C)O2. The van der Waals surface area contributed by atoms with Gasteiger partial charge in [0, 0.05) is 0 Å². The summed E-state index contributed by atoms with van der Waals surface area (Å²) in [7, 11) is -2.97. The van der Waals surface area contributed by atoms with Crippen molar-refractivity contribution in [1.29, 1.82) is 0 Å². The van der Waals surface area contributed by atoms with Gasteiger partial charge in [-0.2, -0.15) is 0 Å². The van der Waals surface area contributed by atoms with E-state index in [1.807, 2.05) is 0 Å². The molecule has 2 fully saturated rings. The maximum Gasteiger partial charge on any atom is 0.681 e. The van der Waals surface area contributed by atoms with E-state index in [-0.39, 0.29) is 23.4 Å². The van der Waals surface area contributed by atoms with Crippen molar-refractivity contribution < 1.29 is 17.7 Å². The Bertz CT molecular complexity index is 273. The fourth-order valence-electron chi connectivity index (χ4n) is 2.87. The van der Waals surface area contributed by atoms with Gasteiger partial charge in [0.25, 0.3) is 0 Å². The standard InChI is InChI=1S/C12H24O4Si/c1-9-7-11(3,4)15-17(13-9)14-10(2)8-12(5,6)16-17/h9-10H,7-8H2,1-6H3. The van der Waals surface area contributed by atoms with Crippen LogP contribution in [0.4, 0.5) is 0 Å². The third kappa shape index (κ3) is 3.09. The number of hydrogen-bond donors (Lipinski definition) is 0. The van der Waals surface area contributed by atoms with Crippen LogP contribution in [0.3, 0.4) is 0 Å². The highest BCUT2D eigenvalue weighted by Crippen LogP contribution is 2.40. The molecule has 100 valence electrons. The molecule has 0 radical (unpaired) electrons. The summed E-state index contributed by atoms with van der Waals surface area (Å²) in [5.41, 5.74) is -0.478. The predicted molar refractivity (Wildman–Crippen MR) is 66.4 cm³/mol. The van der Waals surface area contributed by atoms with Crippen LogP contribution in [0.25, 0.3) is 0 Å². The van der Waals surface area contributed by atoms with Gasteiger partial charge in [-0.3, -0.25) is 0 Å². The average Bonchev–Trinajstić information content (AvgIpc) is 1.90. The molecule has 0 saturated carbocycles. The minimum absolute atomic E-state index is 0.117. The summed E-state index contributed by atoms with van der Waals surface area (Å²) in [4.78, 5) is 0. The lowest BCUT2D eigenvalue weighted by atomic mass is 10.0. The van der Waals surface area contributed by atoms with Gasteiger partial charge in [0.2, 0.25) is 0 Å². The van der Waals surface area contributed by atoms with Crippen LogP contribution in [-0.2, 0) is 17.7 Å². The van der Waals surface area contributed by atoms with E-state index in [2.05, 4.69) is 41.5 Å². The molecule has 2 atom stereocenters. The average molecular weight is 260 g/mol. The molecule has 2 saturated heterocycles. The summed E-state index contributed by atoms with van der Waals surface area (Å²) in [6, 6.07) is 0. The monoisotopic (exact) mass is 260 g/mol. The van der Waals surface area contributed by atoms with Crippen molar-refractivity contribution in [2.24, 2.45) is 0 Å². The van der Waals surface area contributed by atoms with E-state index in [1.165, 1.54) is 0 Å². The van der Waals surface area contributed by atoms with Crippen LogP contribution < -0.4 is 0 Å². The van der Waals surface area contributed by atoms with E-state index in [0.29, 0.717) is 0 Å². The van der Waals surface area contributed by atoms with Crippen molar-refractivity contribution >= 4 is 9.05 Å². The summed E-state index contributed by atoms with van der Waals surface area (Å²) in [5, 5.41) is 0. The Labute approximate surface area is 105 Å². The topological polar surface area (TPSA) is 36.9 Å². The van der Waals surface area contributed by atoms with E-state index in [0.717, 1.165) is 12.8 Å². The molecule has 2 aliphatic heterocycles. The molecule has 2 heterocycles. The highest BCUT2D eigenvalue weighted by molar-refractivity contribution is 6.54. The zero-order valence-electron chi connectivity index (χ0n) is 11.7. The maximum atomic E-state index is 6.05. The van der Waals surface area contributed by atoms with Gasteiger partial charge in [0.15, 0.2) is 0 Å². The molecule has 0 aromatic rings. The van der Waals surface area contributed by atoms with Crippen molar-refractivity contribution in [3.05, 3.63) is 0 Å². The zero-order chi connectivity index (χ0) is 12.9. The van der Waals surface area contributed by atoms with E-state index in [9.17, 15) is 0 Å². The van der Waals surface area contributed by atoms with Crippen molar-refractivity contribution in [3.8, 4) is 0 Å². The van der Waals surface area contributed by atoms with E-state index >= 15 is 0 Å². The quantitative estimate of drug-likeness (QED) is 0.627. The molecule has 2 unspecified atom stereocenters. The summed E-state index contributed by atoms with van der Waals surface area (Å²) in [6.07, 6.45) is 1.96. The molecule has 0 bridgehead atoms. The van der Waals surface area contributed by atoms with Crippen molar-refractivity contribution in [2.45, 2.75) is 77.8 Å². The van der Waals surface area contributed by atoms with E-state index in [1.54, 1.807) is 0 Å². The highest BCUT2D eigenvalue weighted by atomic mass is 28.4.